The highest BCUT2D eigenvalue weighted by molar-refractivity contribution is 6.55. The number of hydrogen-bond acceptors (Lipinski definition) is 2. The van der Waals surface area contributed by atoms with Crippen LogP contribution in [0.3, 0.4) is 0 Å². The van der Waals surface area contributed by atoms with Crippen molar-refractivity contribution < 1.29 is 22.7 Å². The maximum atomic E-state index is 12.2. The number of halogens is 5. The predicted octanol–water partition coefficient (Wildman–Crippen LogP) is 5.02. The van der Waals surface area contributed by atoms with Gasteiger partial charge in [0.25, 0.3) is 0 Å². The standard InChI is InChI=1S/C16H17Cl2F3O2/c1-5-11(9(2)6-7-16(19,20)21)23-14(22)13-10(8-12(17)18)15(13,3)4/h1,6,8,10-11,13H,7H2,2-4H3/b9-6+. The minimum absolute atomic E-state index is 0.0492. The topological polar surface area (TPSA) is 26.3 Å². The number of alkyl halides is 3. The van der Waals surface area contributed by atoms with E-state index in [1.165, 1.54) is 6.92 Å². The van der Waals surface area contributed by atoms with Gasteiger partial charge < -0.3 is 4.74 Å². The first kappa shape index (κ1) is 19.9. The highest BCUT2D eigenvalue weighted by Crippen LogP contribution is 2.60. The normalized spacial score (nSPS) is 24.4. The van der Waals surface area contributed by atoms with E-state index in [-0.39, 0.29) is 16.0 Å². The van der Waals surface area contributed by atoms with Gasteiger partial charge in [0.05, 0.1) is 12.3 Å². The summed E-state index contributed by atoms with van der Waals surface area (Å²) in [5, 5.41) is 0. The first-order valence-electron chi connectivity index (χ1n) is 6.83. The molecule has 7 heteroatoms. The van der Waals surface area contributed by atoms with Gasteiger partial charge in [-0.25, -0.2) is 0 Å². The summed E-state index contributed by atoms with van der Waals surface area (Å²) in [4.78, 5) is 12.2. The van der Waals surface area contributed by atoms with Crippen LogP contribution in [0.2, 0.25) is 0 Å². The maximum Gasteiger partial charge on any atom is 0.392 e. The molecule has 128 valence electrons. The van der Waals surface area contributed by atoms with Crippen molar-refractivity contribution >= 4 is 29.2 Å². The molecular weight excluding hydrogens is 352 g/mol. The van der Waals surface area contributed by atoms with Crippen LogP contribution in [0.25, 0.3) is 0 Å². The number of esters is 1. The van der Waals surface area contributed by atoms with Crippen LogP contribution in [0.15, 0.2) is 22.2 Å². The molecule has 0 aromatic rings. The van der Waals surface area contributed by atoms with Gasteiger partial charge >= 0.3 is 12.1 Å². The molecule has 0 N–H and O–H groups in total. The Labute approximate surface area is 143 Å². The number of ether oxygens (including phenoxy) is 1. The Morgan fingerprint density at radius 3 is 2.43 bits per heavy atom. The molecular formula is C16H17Cl2F3O2. The number of terminal acetylenes is 1. The number of hydrogen-bond donors (Lipinski definition) is 0. The Morgan fingerprint density at radius 2 is 2.00 bits per heavy atom. The van der Waals surface area contributed by atoms with E-state index in [1.54, 1.807) is 6.08 Å². The van der Waals surface area contributed by atoms with Gasteiger partial charge in [0, 0.05) is 0 Å². The van der Waals surface area contributed by atoms with Gasteiger partial charge in [-0.15, -0.1) is 6.42 Å². The van der Waals surface area contributed by atoms with Crippen molar-refractivity contribution in [2.75, 3.05) is 0 Å². The largest absolute Gasteiger partial charge is 0.444 e. The zero-order valence-electron chi connectivity index (χ0n) is 12.9. The zero-order valence-corrected chi connectivity index (χ0v) is 14.4. The van der Waals surface area contributed by atoms with Crippen molar-refractivity contribution in [2.45, 2.75) is 39.5 Å². The van der Waals surface area contributed by atoms with Crippen LogP contribution in [0.4, 0.5) is 13.2 Å². The fourth-order valence-electron chi connectivity index (χ4n) is 2.41. The van der Waals surface area contributed by atoms with Crippen LogP contribution in [0.5, 0.6) is 0 Å². The Morgan fingerprint density at radius 1 is 1.43 bits per heavy atom. The van der Waals surface area contributed by atoms with Crippen molar-refractivity contribution in [3.8, 4) is 12.3 Å². The lowest BCUT2D eigenvalue weighted by Gasteiger charge is -2.14. The summed E-state index contributed by atoms with van der Waals surface area (Å²) < 4.78 is 41.9. The summed E-state index contributed by atoms with van der Waals surface area (Å²) in [6.07, 6.45) is 1.14. The maximum absolute atomic E-state index is 12.2. The molecule has 0 aliphatic heterocycles. The molecule has 1 saturated carbocycles. The third-order valence-electron chi connectivity index (χ3n) is 3.92. The predicted molar refractivity (Wildman–Crippen MR) is 83.7 cm³/mol. The van der Waals surface area contributed by atoms with Crippen molar-refractivity contribution in [1.29, 1.82) is 0 Å². The van der Waals surface area contributed by atoms with Crippen LogP contribution in [-0.4, -0.2) is 18.2 Å². The molecule has 1 aliphatic carbocycles. The Kier molecular flexibility index (Phi) is 6.23. The molecule has 0 bridgehead atoms. The molecule has 0 amide bonds. The second kappa shape index (κ2) is 7.19. The molecule has 0 spiro atoms. The highest BCUT2D eigenvalue weighted by Gasteiger charge is 2.61. The van der Waals surface area contributed by atoms with E-state index in [2.05, 4.69) is 5.92 Å². The summed E-state index contributed by atoms with van der Waals surface area (Å²) in [5.74, 6) is 0.932. The fraction of sp³-hybridized carbons (Fsp3) is 0.562. The van der Waals surface area contributed by atoms with Crippen LogP contribution in [-0.2, 0) is 9.53 Å². The van der Waals surface area contributed by atoms with E-state index >= 15 is 0 Å². The van der Waals surface area contributed by atoms with Crippen LogP contribution >= 0.6 is 23.2 Å². The third-order valence-corrected chi connectivity index (χ3v) is 4.18. The molecule has 23 heavy (non-hydrogen) atoms. The molecule has 2 nitrogen and oxygen atoms in total. The van der Waals surface area contributed by atoms with Gasteiger partial charge in [0.2, 0.25) is 0 Å². The van der Waals surface area contributed by atoms with Gasteiger partial charge in [-0.05, 0) is 29.9 Å². The average Bonchev–Trinajstić information content (AvgIpc) is 2.92. The number of carbonyl (C=O) groups excluding carboxylic acids is 1. The Balaban J connectivity index is 2.76. The van der Waals surface area contributed by atoms with Crippen molar-refractivity contribution in [2.24, 2.45) is 17.3 Å². The van der Waals surface area contributed by atoms with E-state index in [0.717, 1.165) is 6.08 Å². The summed E-state index contributed by atoms with van der Waals surface area (Å²) in [6, 6.07) is 0. The van der Waals surface area contributed by atoms with Gasteiger partial charge in [0.1, 0.15) is 4.49 Å². The van der Waals surface area contributed by atoms with E-state index in [0.29, 0.717) is 0 Å². The molecule has 0 saturated heterocycles. The fourth-order valence-corrected chi connectivity index (χ4v) is 2.68. The van der Waals surface area contributed by atoms with Gasteiger partial charge in [-0.1, -0.05) is 49.0 Å². The summed E-state index contributed by atoms with van der Waals surface area (Å²) in [5.41, 5.74) is -0.228. The zero-order chi connectivity index (χ0) is 18.0. The lowest BCUT2D eigenvalue weighted by atomic mass is 10.1. The second-order valence-corrected chi connectivity index (χ2v) is 7.04. The Bertz CT molecular complexity index is 567. The van der Waals surface area contributed by atoms with E-state index in [4.69, 9.17) is 34.4 Å². The minimum Gasteiger partial charge on any atom is -0.444 e. The highest BCUT2D eigenvalue weighted by atomic mass is 35.5. The lowest BCUT2D eigenvalue weighted by molar-refractivity contribution is -0.147. The first-order chi connectivity index (χ1) is 10.4. The smallest absolute Gasteiger partial charge is 0.392 e. The average molecular weight is 369 g/mol. The molecule has 0 aromatic heterocycles. The molecule has 0 heterocycles. The van der Waals surface area contributed by atoms with Crippen LogP contribution in [0.1, 0.15) is 27.2 Å². The Hall–Kier alpha value is -1.12. The summed E-state index contributed by atoms with van der Waals surface area (Å²) in [7, 11) is 0. The monoisotopic (exact) mass is 368 g/mol. The van der Waals surface area contributed by atoms with Gasteiger partial charge in [0.15, 0.2) is 6.10 Å². The molecule has 0 radical (unpaired) electrons. The number of allylic oxidation sites excluding steroid dienone is 2. The molecule has 1 fully saturated rings. The summed E-state index contributed by atoms with van der Waals surface area (Å²) in [6.45, 7) is 5.08. The van der Waals surface area contributed by atoms with Crippen molar-refractivity contribution in [3.63, 3.8) is 0 Å². The van der Waals surface area contributed by atoms with Crippen LogP contribution in [0, 0.1) is 29.6 Å². The van der Waals surface area contributed by atoms with E-state index in [1.807, 2.05) is 13.8 Å². The minimum atomic E-state index is -4.34. The SMILES string of the molecule is C#CC(OC(=O)C1C(C=C(Cl)Cl)C1(C)C)/C(C)=C/CC(F)(F)F. The molecule has 0 aromatic carbocycles. The summed E-state index contributed by atoms with van der Waals surface area (Å²) >= 11 is 11.2. The molecule has 3 unspecified atom stereocenters. The molecule has 3 atom stereocenters. The van der Waals surface area contributed by atoms with Crippen molar-refractivity contribution in [1.82, 2.24) is 0 Å². The molecule has 1 rings (SSSR count). The van der Waals surface area contributed by atoms with Gasteiger partial charge in [-0.2, -0.15) is 13.2 Å². The first-order valence-corrected chi connectivity index (χ1v) is 7.58. The number of rotatable bonds is 5. The van der Waals surface area contributed by atoms with E-state index in [9.17, 15) is 18.0 Å². The quantitative estimate of drug-likeness (QED) is 0.386. The van der Waals surface area contributed by atoms with Crippen LogP contribution < -0.4 is 0 Å². The molecule has 1 aliphatic rings. The lowest BCUT2D eigenvalue weighted by Crippen LogP contribution is -2.21. The van der Waals surface area contributed by atoms with E-state index < -0.39 is 36.0 Å². The number of carbonyl (C=O) groups is 1. The van der Waals surface area contributed by atoms with Gasteiger partial charge in [-0.3, -0.25) is 4.79 Å². The second-order valence-electron chi connectivity index (χ2n) is 6.03. The third kappa shape index (κ3) is 5.47. The van der Waals surface area contributed by atoms with Crippen molar-refractivity contribution in [3.05, 3.63) is 22.2 Å².